The van der Waals surface area contributed by atoms with Crippen molar-refractivity contribution in [2.45, 2.75) is 30.0 Å². The molecule has 0 saturated carbocycles. The predicted molar refractivity (Wildman–Crippen MR) is 93.4 cm³/mol. The number of aromatic nitrogens is 2. The normalized spacial score (nSPS) is 19.0. The number of alkyl halides is 3. The van der Waals surface area contributed by atoms with Crippen LogP contribution in [0.25, 0.3) is 11.0 Å². The average Bonchev–Trinajstić information content (AvgIpc) is 3.28. The van der Waals surface area contributed by atoms with E-state index in [2.05, 4.69) is 9.97 Å². The standard InChI is InChI=1S/C18H16F3N3O2S/c19-18(20,21)12-5-3-6-13(11-12)27(25,26)24-10-4-9-16(24)17-22-14-7-1-2-8-15(14)23-17/h1-3,5-8,11,16H,4,9-10H2,(H,22,23)/t16-/m0/s1. The predicted octanol–water partition coefficient (Wildman–Crippen LogP) is 4.11. The third-order valence-electron chi connectivity index (χ3n) is 4.69. The van der Waals surface area contributed by atoms with Gasteiger partial charge in [-0.25, -0.2) is 13.4 Å². The molecule has 0 aliphatic carbocycles. The lowest BCUT2D eigenvalue weighted by molar-refractivity contribution is -0.137. The maximum atomic E-state index is 13.0. The Kier molecular flexibility index (Phi) is 4.23. The fourth-order valence-corrected chi connectivity index (χ4v) is 5.11. The number of hydrogen-bond donors (Lipinski definition) is 1. The Morgan fingerprint density at radius 2 is 1.89 bits per heavy atom. The van der Waals surface area contributed by atoms with Crippen LogP contribution >= 0.6 is 0 Å². The van der Waals surface area contributed by atoms with Crippen molar-refractivity contribution in [3.8, 4) is 0 Å². The largest absolute Gasteiger partial charge is 0.416 e. The highest BCUT2D eigenvalue weighted by Crippen LogP contribution is 2.37. The molecule has 2 aromatic carbocycles. The van der Waals surface area contributed by atoms with E-state index < -0.39 is 27.8 Å². The van der Waals surface area contributed by atoms with Gasteiger partial charge in [0.2, 0.25) is 10.0 Å². The molecule has 1 atom stereocenters. The first-order valence-corrected chi connectivity index (χ1v) is 9.84. The number of H-pyrrole nitrogens is 1. The van der Waals surface area contributed by atoms with E-state index in [4.69, 9.17) is 0 Å². The molecule has 1 aliphatic heterocycles. The van der Waals surface area contributed by atoms with E-state index in [1.807, 2.05) is 24.3 Å². The van der Waals surface area contributed by atoms with Crippen LogP contribution < -0.4 is 0 Å². The van der Waals surface area contributed by atoms with Crippen molar-refractivity contribution in [2.75, 3.05) is 6.54 Å². The number of imidazole rings is 1. The summed E-state index contributed by atoms with van der Waals surface area (Å²) in [5.41, 5.74) is 0.523. The van der Waals surface area contributed by atoms with E-state index in [9.17, 15) is 21.6 Å². The van der Waals surface area contributed by atoms with Gasteiger partial charge in [-0.05, 0) is 43.2 Å². The zero-order valence-corrected chi connectivity index (χ0v) is 14.9. The summed E-state index contributed by atoms with van der Waals surface area (Å²) in [7, 11) is -4.08. The van der Waals surface area contributed by atoms with Crippen molar-refractivity contribution < 1.29 is 21.6 Å². The lowest BCUT2D eigenvalue weighted by Crippen LogP contribution is -2.31. The van der Waals surface area contributed by atoms with E-state index in [1.165, 1.54) is 10.4 Å². The maximum absolute atomic E-state index is 13.0. The zero-order valence-electron chi connectivity index (χ0n) is 14.1. The lowest BCUT2D eigenvalue weighted by atomic mass is 10.2. The van der Waals surface area contributed by atoms with E-state index in [-0.39, 0.29) is 11.4 Å². The molecule has 4 rings (SSSR count). The molecule has 2 heterocycles. The summed E-state index contributed by atoms with van der Waals surface area (Å²) >= 11 is 0. The van der Waals surface area contributed by atoms with Gasteiger partial charge in [0.15, 0.2) is 0 Å². The third-order valence-corrected chi connectivity index (χ3v) is 6.60. The molecule has 1 aliphatic rings. The Morgan fingerprint density at radius 1 is 1.11 bits per heavy atom. The molecular weight excluding hydrogens is 379 g/mol. The van der Waals surface area contributed by atoms with Crippen LogP contribution in [0, 0.1) is 0 Å². The fraction of sp³-hybridized carbons (Fsp3) is 0.278. The monoisotopic (exact) mass is 395 g/mol. The molecule has 0 radical (unpaired) electrons. The molecule has 0 bridgehead atoms. The topological polar surface area (TPSA) is 66.1 Å². The van der Waals surface area contributed by atoms with Crippen LogP contribution in [0.15, 0.2) is 53.4 Å². The van der Waals surface area contributed by atoms with Gasteiger partial charge in [0.25, 0.3) is 0 Å². The minimum atomic E-state index is -4.60. The summed E-state index contributed by atoms with van der Waals surface area (Å²) in [6, 6.07) is 10.7. The van der Waals surface area contributed by atoms with Gasteiger partial charge < -0.3 is 4.98 Å². The van der Waals surface area contributed by atoms with Gasteiger partial charge in [0.1, 0.15) is 5.82 Å². The van der Waals surface area contributed by atoms with Crippen LogP contribution in [0.2, 0.25) is 0 Å². The molecule has 1 aromatic heterocycles. The number of para-hydroxylation sites is 2. The molecule has 27 heavy (non-hydrogen) atoms. The molecule has 3 aromatic rings. The number of hydrogen-bond acceptors (Lipinski definition) is 3. The minimum absolute atomic E-state index is 0.236. The highest BCUT2D eigenvalue weighted by Gasteiger charge is 2.39. The Labute approximate surface area is 153 Å². The van der Waals surface area contributed by atoms with E-state index in [0.29, 0.717) is 24.7 Å². The van der Waals surface area contributed by atoms with Crippen molar-refractivity contribution >= 4 is 21.1 Å². The molecule has 1 N–H and O–H groups in total. The summed E-state index contributed by atoms with van der Waals surface area (Å²) in [5, 5.41) is 0. The van der Waals surface area contributed by atoms with Gasteiger partial charge >= 0.3 is 6.18 Å². The molecule has 1 saturated heterocycles. The number of halogens is 3. The van der Waals surface area contributed by atoms with Crippen LogP contribution in [0.3, 0.4) is 0 Å². The number of rotatable bonds is 3. The van der Waals surface area contributed by atoms with Crippen LogP contribution in [-0.2, 0) is 16.2 Å². The highest BCUT2D eigenvalue weighted by molar-refractivity contribution is 7.89. The second-order valence-corrected chi connectivity index (χ2v) is 8.33. The fourth-order valence-electron chi connectivity index (χ4n) is 3.40. The lowest BCUT2D eigenvalue weighted by Gasteiger charge is -2.23. The summed E-state index contributed by atoms with van der Waals surface area (Å²) < 4.78 is 66.2. The number of sulfonamides is 1. The summed E-state index contributed by atoms with van der Waals surface area (Å²) in [6.07, 6.45) is -3.44. The van der Waals surface area contributed by atoms with E-state index in [1.54, 1.807) is 0 Å². The van der Waals surface area contributed by atoms with Crippen LogP contribution in [0.1, 0.15) is 30.3 Å². The van der Waals surface area contributed by atoms with Crippen molar-refractivity contribution in [3.63, 3.8) is 0 Å². The first-order valence-electron chi connectivity index (χ1n) is 8.40. The van der Waals surface area contributed by atoms with Crippen molar-refractivity contribution in [3.05, 3.63) is 59.9 Å². The van der Waals surface area contributed by atoms with Crippen molar-refractivity contribution in [1.82, 2.24) is 14.3 Å². The average molecular weight is 395 g/mol. The Morgan fingerprint density at radius 3 is 2.63 bits per heavy atom. The van der Waals surface area contributed by atoms with Crippen LogP contribution in [0.5, 0.6) is 0 Å². The minimum Gasteiger partial charge on any atom is -0.341 e. The smallest absolute Gasteiger partial charge is 0.341 e. The van der Waals surface area contributed by atoms with Crippen molar-refractivity contribution in [1.29, 1.82) is 0 Å². The third kappa shape index (κ3) is 3.21. The Bertz CT molecular complexity index is 1060. The number of benzene rings is 2. The second kappa shape index (κ2) is 6.35. The molecule has 0 unspecified atom stereocenters. The van der Waals surface area contributed by atoms with Gasteiger partial charge in [0.05, 0.1) is 27.5 Å². The van der Waals surface area contributed by atoms with Crippen LogP contribution in [0.4, 0.5) is 13.2 Å². The number of fused-ring (bicyclic) bond motifs is 1. The summed E-state index contributed by atoms with van der Waals surface area (Å²) in [6.45, 7) is 0.236. The van der Waals surface area contributed by atoms with Crippen LogP contribution in [-0.4, -0.2) is 29.2 Å². The molecule has 5 nitrogen and oxygen atoms in total. The summed E-state index contributed by atoms with van der Waals surface area (Å²) in [5.74, 6) is 0.504. The molecule has 0 amide bonds. The van der Waals surface area contributed by atoms with Gasteiger partial charge in [-0.15, -0.1) is 0 Å². The highest BCUT2D eigenvalue weighted by atomic mass is 32.2. The quantitative estimate of drug-likeness (QED) is 0.726. The zero-order chi connectivity index (χ0) is 19.2. The molecule has 142 valence electrons. The number of nitrogens with zero attached hydrogens (tertiary/aromatic N) is 2. The molecule has 9 heteroatoms. The van der Waals surface area contributed by atoms with E-state index in [0.717, 1.165) is 23.2 Å². The SMILES string of the molecule is O=S(=O)(c1cccc(C(F)(F)F)c1)N1CCC[C@H]1c1nc2ccccc2[nH]1. The van der Waals surface area contributed by atoms with Gasteiger partial charge in [-0.3, -0.25) is 0 Å². The maximum Gasteiger partial charge on any atom is 0.416 e. The van der Waals surface area contributed by atoms with Gasteiger partial charge in [-0.2, -0.15) is 17.5 Å². The first-order chi connectivity index (χ1) is 12.8. The second-order valence-electron chi connectivity index (χ2n) is 6.44. The molecule has 1 fully saturated rings. The first kappa shape index (κ1) is 18.0. The Hall–Kier alpha value is -2.39. The number of aromatic amines is 1. The van der Waals surface area contributed by atoms with Gasteiger partial charge in [-0.1, -0.05) is 18.2 Å². The summed E-state index contributed by atoms with van der Waals surface area (Å²) in [4.78, 5) is 7.24. The van der Waals surface area contributed by atoms with Crippen molar-refractivity contribution in [2.24, 2.45) is 0 Å². The number of nitrogens with one attached hydrogen (secondary N) is 1. The molecular formula is C18H16F3N3O2S. The van der Waals surface area contributed by atoms with Gasteiger partial charge in [0, 0.05) is 6.54 Å². The Balaban J connectivity index is 1.72. The molecule has 0 spiro atoms. The van der Waals surface area contributed by atoms with E-state index >= 15 is 0 Å².